The fourth-order valence-corrected chi connectivity index (χ4v) is 2.34. The Morgan fingerprint density at radius 3 is 2.36 bits per heavy atom. The molecule has 0 aliphatic heterocycles. The van der Waals surface area contributed by atoms with Gasteiger partial charge in [-0.05, 0) is 19.9 Å². The number of nitro benzene ring substituents is 1. The van der Waals surface area contributed by atoms with Gasteiger partial charge < -0.3 is 20.5 Å². The first-order valence-electron chi connectivity index (χ1n) is 8.38. The van der Waals surface area contributed by atoms with E-state index in [1.165, 1.54) is 25.1 Å². The van der Waals surface area contributed by atoms with E-state index in [0.717, 1.165) is 6.07 Å². The second kappa shape index (κ2) is 10.6. The lowest BCUT2D eigenvalue weighted by Gasteiger charge is -2.23. The molecule has 0 aromatic heterocycles. The molecule has 28 heavy (non-hydrogen) atoms. The van der Waals surface area contributed by atoms with E-state index in [4.69, 9.17) is 15.2 Å². The zero-order chi connectivity index (χ0) is 21.3. The number of esters is 2. The molecular formula is C17H21N3O8. The third-order valence-corrected chi connectivity index (χ3v) is 3.60. The van der Waals surface area contributed by atoms with Crippen LogP contribution < -0.4 is 11.1 Å². The van der Waals surface area contributed by atoms with Gasteiger partial charge in [0.15, 0.2) is 0 Å². The van der Waals surface area contributed by atoms with E-state index in [9.17, 15) is 29.3 Å². The van der Waals surface area contributed by atoms with Gasteiger partial charge in [0.1, 0.15) is 6.04 Å². The van der Waals surface area contributed by atoms with E-state index in [1.54, 1.807) is 6.92 Å². The van der Waals surface area contributed by atoms with Crippen LogP contribution in [0, 0.1) is 16.0 Å². The number of carbonyl (C=O) groups is 4. The van der Waals surface area contributed by atoms with Gasteiger partial charge in [0.05, 0.1) is 30.5 Å². The van der Waals surface area contributed by atoms with Crippen molar-refractivity contribution < 1.29 is 33.6 Å². The number of nitrogens with zero attached hydrogens (tertiary/aromatic N) is 1. The number of ether oxygens (including phenoxy) is 2. The Morgan fingerprint density at radius 1 is 1.18 bits per heavy atom. The second-order valence-corrected chi connectivity index (χ2v) is 5.53. The predicted octanol–water partition coefficient (Wildman–Crippen LogP) is 0.311. The van der Waals surface area contributed by atoms with Gasteiger partial charge >= 0.3 is 11.9 Å². The summed E-state index contributed by atoms with van der Waals surface area (Å²) in [6.45, 7) is 3.12. The monoisotopic (exact) mass is 395 g/mol. The smallest absolute Gasteiger partial charge is 0.312 e. The Balaban J connectivity index is 3.12. The van der Waals surface area contributed by atoms with Crippen LogP contribution >= 0.6 is 0 Å². The predicted molar refractivity (Wildman–Crippen MR) is 94.9 cm³/mol. The third kappa shape index (κ3) is 6.34. The van der Waals surface area contributed by atoms with E-state index in [2.05, 4.69) is 5.32 Å². The van der Waals surface area contributed by atoms with Crippen molar-refractivity contribution in [3.05, 3.63) is 39.9 Å². The number of nitrogens with two attached hydrogens (primary N) is 1. The molecule has 3 N–H and O–H groups in total. The maximum Gasteiger partial charge on any atom is 0.312 e. The lowest BCUT2D eigenvalue weighted by Crippen LogP contribution is -2.52. The highest BCUT2D eigenvalue weighted by atomic mass is 16.6. The second-order valence-electron chi connectivity index (χ2n) is 5.53. The van der Waals surface area contributed by atoms with Gasteiger partial charge in [-0.1, -0.05) is 6.07 Å². The number of nitro groups is 1. The number of rotatable bonds is 10. The fraction of sp³-hybridized carbons (Fsp3) is 0.412. The van der Waals surface area contributed by atoms with Crippen molar-refractivity contribution in [2.45, 2.75) is 26.3 Å². The molecule has 0 bridgehead atoms. The normalized spacial score (nSPS) is 12.4. The number of hydrogen-bond acceptors (Lipinski definition) is 8. The van der Waals surface area contributed by atoms with Crippen molar-refractivity contribution >= 4 is 29.4 Å². The largest absolute Gasteiger partial charge is 0.466 e. The van der Waals surface area contributed by atoms with Crippen molar-refractivity contribution in [3.63, 3.8) is 0 Å². The van der Waals surface area contributed by atoms with Gasteiger partial charge in [-0.15, -0.1) is 0 Å². The lowest BCUT2D eigenvalue weighted by molar-refractivity contribution is -0.384. The van der Waals surface area contributed by atoms with Crippen molar-refractivity contribution in [3.8, 4) is 0 Å². The van der Waals surface area contributed by atoms with Gasteiger partial charge in [0.25, 0.3) is 11.6 Å². The zero-order valence-electron chi connectivity index (χ0n) is 15.4. The summed E-state index contributed by atoms with van der Waals surface area (Å²) in [4.78, 5) is 58.5. The van der Waals surface area contributed by atoms with Crippen molar-refractivity contribution in [2.75, 3.05) is 13.2 Å². The van der Waals surface area contributed by atoms with Gasteiger partial charge in [-0.3, -0.25) is 29.3 Å². The van der Waals surface area contributed by atoms with Crippen LogP contribution in [0.3, 0.4) is 0 Å². The quantitative estimate of drug-likeness (QED) is 0.324. The molecule has 1 rings (SSSR count). The summed E-state index contributed by atoms with van der Waals surface area (Å²) in [6, 6.07) is 3.16. The van der Waals surface area contributed by atoms with Crippen LogP contribution in [0.5, 0.6) is 0 Å². The van der Waals surface area contributed by atoms with Crippen molar-refractivity contribution in [2.24, 2.45) is 11.7 Å². The molecule has 0 aliphatic carbocycles. The van der Waals surface area contributed by atoms with Crippen LogP contribution in [0.1, 0.15) is 30.6 Å². The summed E-state index contributed by atoms with van der Waals surface area (Å²) in [6.07, 6.45) is -0.546. The Kier molecular flexibility index (Phi) is 8.53. The number of carbonyl (C=O) groups excluding carboxylic acids is 4. The summed E-state index contributed by atoms with van der Waals surface area (Å²) >= 11 is 0. The standard InChI is InChI=1S/C17H21N3O8/c1-3-27-13(21)9-12(17(24)28-4-2)14(15(18)22)19-16(23)10-6-5-7-11(8-10)20(25)26/h5-8,12,14H,3-4,9H2,1-2H3,(H2,18,22)(H,19,23)/t12-,14-/m0/s1. The number of benzene rings is 1. The van der Waals surface area contributed by atoms with Crippen LogP contribution in [0.15, 0.2) is 24.3 Å². The molecule has 0 aliphatic rings. The van der Waals surface area contributed by atoms with Crippen LogP contribution in [0.2, 0.25) is 0 Å². The third-order valence-electron chi connectivity index (χ3n) is 3.60. The van der Waals surface area contributed by atoms with Crippen molar-refractivity contribution in [1.29, 1.82) is 0 Å². The molecule has 1 aromatic carbocycles. The molecule has 0 spiro atoms. The first-order valence-corrected chi connectivity index (χ1v) is 8.38. The first kappa shape index (κ1) is 22.5. The Morgan fingerprint density at radius 2 is 1.82 bits per heavy atom. The summed E-state index contributed by atoms with van der Waals surface area (Å²) < 4.78 is 9.63. The van der Waals surface area contributed by atoms with Crippen LogP contribution in [-0.2, 0) is 23.9 Å². The fourth-order valence-electron chi connectivity index (χ4n) is 2.34. The summed E-state index contributed by atoms with van der Waals surface area (Å²) in [5.74, 6) is -5.08. The molecular weight excluding hydrogens is 374 g/mol. The summed E-state index contributed by atoms with van der Waals surface area (Å²) in [7, 11) is 0. The molecule has 1 aromatic rings. The molecule has 0 unspecified atom stereocenters. The van der Waals surface area contributed by atoms with Crippen LogP contribution in [0.4, 0.5) is 5.69 Å². The number of non-ortho nitro benzene ring substituents is 1. The Hall–Kier alpha value is -3.50. The van der Waals surface area contributed by atoms with E-state index in [-0.39, 0.29) is 24.5 Å². The first-order chi connectivity index (χ1) is 13.2. The lowest BCUT2D eigenvalue weighted by atomic mass is 9.95. The SMILES string of the molecule is CCOC(=O)C[C@H](C(=O)OCC)[C@H](NC(=O)c1cccc([N+](=O)[O-])c1)C(N)=O. The highest BCUT2D eigenvalue weighted by molar-refractivity contribution is 5.99. The number of primary amides is 1. The van der Waals surface area contributed by atoms with E-state index < -0.39 is 47.1 Å². The van der Waals surface area contributed by atoms with Crippen LogP contribution in [-0.4, -0.2) is 47.9 Å². The van der Waals surface area contributed by atoms with E-state index in [1.807, 2.05) is 0 Å². The number of amides is 2. The van der Waals surface area contributed by atoms with Gasteiger partial charge in [0.2, 0.25) is 5.91 Å². The molecule has 0 saturated heterocycles. The Labute approximate surface area is 160 Å². The van der Waals surface area contributed by atoms with E-state index >= 15 is 0 Å². The molecule has 0 fully saturated rings. The van der Waals surface area contributed by atoms with Gasteiger partial charge in [-0.2, -0.15) is 0 Å². The molecule has 0 saturated carbocycles. The maximum absolute atomic E-state index is 12.4. The molecule has 2 amide bonds. The molecule has 11 nitrogen and oxygen atoms in total. The summed E-state index contributed by atoms with van der Waals surface area (Å²) in [5.41, 5.74) is 4.84. The number of nitrogens with one attached hydrogen (secondary N) is 1. The molecule has 2 atom stereocenters. The van der Waals surface area contributed by atoms with Gasteiger partial charge in [-0.25, -0.2) is 0 Å². The van der Waals surface area contributed by atoms with Crippen molar-refractivity contribution in [1.82, 2.24) is 5.32 Å². The molecule has 0 heterocycles. The highest BCUT2D eigenvalue weighted by Gasteiger charge is 2.37. The number of hydrogen-bond donors (Lipinski definition) is 2. The molecule has 11 heteroatoms. The van der Waals surface area contributed by atoms with E-state index in [0.29, 0.717) is 0 Å². The molecule has 0 radical (unpaired) electrons. The average Bonchev–Trinajstić information content (AvgIpc) is 2.64. The zero-order valence-corrected chi connectivity index (χ0v) is 15.4. The summed E-state index contributed by atoms with van der Waals surface area (Å²) in [5, 5.41) is 13.1. The molecule has 152 valence electrons. The highest BCUT2D eigenvalue weighted by Crippen LogP contribution is 2.16. The van der Waals surface area contributed by atoms with Crippen LogP contribution in [0.25, 0.3) is 0 Å². The minimum Gasteiger partial charge on any atom is -0.466 e. The minimum atomic E-state index is -1.59. The topological polar surface area (TPSA) is 168 Å². The minimum absolute atomic E-state index is 0.0253. The average molecular weight is 395 g/mol. The maximum atomic E-state index is 12.4. The van der Waals surface area contributed by atoms with Gasteiger partial charge in [0, 0.05) is 17.7 Å². The Bertz CT molecular complexity index is 765.